The zero-order chi connectivity index (χ0) is 14.3. The van der Waals surface area contributed by atoms with Crippen molar-refractivity contribution in [2.24, 2.45) is 11.7 Å². The Morgan fingerprint density at radius 3 is 2.60 bits per heavy atom. The van der Waals surface area contributed by atoms with Crippen LogP contribution in [0.1, 0.15) is 30.6 Å². The van der Waals surface area contributed by atoms with Crippen LogP contribution in [0, 0.1) is 5.92 Å². The monoisotopic (exact) mass is 268 g/mol. The SMILES string of the molecule is CCC(C)C(N)CN1C(=O)c2cccc3cccc1c23. The summed E-state index contributed by atoms with van der Waals surface area (Å²) >= 11 is 0. The second-order valence-electron chi connectivity index (χ2n) is 5.65. The van der Waals surface area contributed by atoms with Crippen molar-refractivity contribution >= 4 is 22.4 Å². The Morgan fingerprint density at radius 1 is 1.20 bits per heavy atom. The molecule has 2 N–H and O–H groups in total. The fraction of sp³-hybridized carbons (Fsp3) is 0.353. The summed E-state index contributed by atoms with van der Waals surface area (Å²) in [6, 6.07) is 12.0. The molecule has 0 fully saturated rings. The Balaban J connectivity index is 2.01. The van der Waals surface area contributed by atoms with Crippen LogP contribution in [0.25, 0.3) is 10.8 Å². The zero-order valence-electron chi connectivity index (χ0n) is 12.0. The summed E-state index contributed by atoms with van der Waals surface area (Å²) in [6.07, 6.45) is 1.03. The highest BCUT2D eigenvalue weighted by molar-refractivity contribution is 6.25. The quantitative estimate of drug-likeness (QED) is 0.925. The summed E-state index contributed by atoms with van der Waals surface area (Å²) in [4.78, 5) is 14.4. The normalized spacial score (nSPS) is 16.8. The Morgan fingerprint density at radius 2 is 1.90 bits per heavy atom. The molecular weight excluding hydrogens is 248 g/mol. The Labute approximate surface area is 119 Å². The van der Waals surface area contributed by atoms with Crippen LogP contribution in [0.4, 0.5) is 5.69 Å². The van der Waals surface area contributed by atoms with Gasteiger partial charge in [0.2, 0.25) is 0 Å². The van der Waals surface area contributed by atoms with E-state index in [1.54, 1.807) is 0 Å². The molecule has 0 aliphatic carbocycles. The van der Waals surface area contributed by atoms with Gasteiger partial charge in [0.05, 0.1) is 5.69 Å². The number of hydrogen-bond donors (Lipinski definition) is 1. The molecule has 3 rings (SSSR count). The lowest BCUT2D eigenvalue weighted by Crippen LogP contribution is -2.42. The van der Waals surface area contributed by atoms with Gasteiger partial charge >= 0.3 is 0 Å². The fourth-order valence-corrected chi connectivity index (χ4v) is 2.85. The van der Waals surface area contributed by atoms with Crippen molar-refractivity contribution in [1.29, 1.82) is 0 Å². The summed E-state index contributed by atoms with van der Waals surface area (Å²) in [6.45, 7) is 4.85. The molecular formula is C17H20N2O. The van der Waals surface area contributed by atoms with Gasteiger partial charge in [0.1, 0.15) is 0 Å². The third-order valence-corrected chi connectivity index (χ3v) is 4.42. The maximum absolute atomic E-state index is 12.6. The van der Waals surface area contributed by atoms with Crippen molar-refractivity contribution in [1.82, 2.24) is 0 Å². The number of rotatable bonds is 4. The molecule has 1 heterocycles. The van der Waals surface area contributed by atoms with Gasteiger partial charge in [-0.15, -0.1) is 0 Å². The van der Waals surface area contributed by atoms with Gasteiger partial charge in [-0.05, 0) is 23.4 Å². The van der Waals surface area contributed by atoms with E-state index in [4.69, 9.17) is 5.73 Å². The van der Waals surface area contributed by atoms with E-state index in [0.717, 1.165) is 28.4 Å². The minimum atomic E-state index is 0.00789. The van der Waals surface area contributed by atoms with E-state index in [2.05, 4.69) is 13.8 Å². The second kappa shape index (κ2) is 4.91. The highest BCUT2D eigenvalue weighted by atomic mass is 16.2. The molecule has 0 bridgehead atoms. The van der Waals surface area contributed by atoms with E-state index in [-0.39, 0.29) is 11.9 Å². The van der Waals surface area contributed by atoms with E-state index in [9.17, 15) is 4.79 Å². The number of carbonyl (C=O) groups excluding carboxylic acids is 1. The number of anilines is 1. The third kappa shape index (κ3) is 1.90. The molecule has 3 nitrogen and oxygen atoms in total. The van der Waals surface area contributed by atoms with Crippen molar-refractivity contribution in [2.75, 3.05) is 11.4 Å². The predicted octanol–water partition coefficient (Wildman–Crippen LogP) is 3.17. The standard InChI is InChI=1S/C17H20N2O/c1-3-11(2)14(18)10-19-15-9-5-7-12-6-4-8-13(16(12)15)17(19)20/h4-9,11,14H,3,10,18H2,1-2H3. The molecule has 20 heavy (non-hydrogen) atoms. The van der Waals surface area contributed by atoms with E-state index in [0.29, 0.717) is 12.5 Å². The first-order valence-corrected chi connectivity index (χ1v) is 7.22. The van der Waals surface area contributed by atoms with Gasteiger partial charge in [0.25, 0.3) is 5.91 Å². The summed E-state index contributed by atoms with van der Waals surface area (Å²) < 4.78 is 0. The number of hydrogen-bond acceptors (Lipinski definition) is 2. The van der Waals surface area contributed by atoms with Crippen LogP contribution in [0.3, 0.4) is 0 Å². The van der Waals surface area contributed by atoms with E-state index < -0.39 is 0 Å². The lowest BCUT2D eigenvalue weighted by molar-refractivity contribution is 0.0990. The van der Waals surface area contributed by atoms with Crippen LogP contribution >= 0.6 is 0 Å². The van der Waals surface area contributed by atoms with Gasteiger partial charge in [-0.3, -0.25) is 4.79 Å². The maximum Gasteiger partial charge on any atom is 0.259 e. The van der Waals surface area contributed by atoms with Crippen LogP contribution in [-0.2, 0) is 0 Å². The van der Waals surface area contributed by atoms with Crippen LogP contribution in [0.15, 0.2) is 36.4 Å². The maximum atomic E-state index is 12.6. The number of benzene rings is 2. The molecule has 2 aromatic rings. The highest BCUT2D eigenvalue weighted by Crippen LogP contribution is 2.37. The first-order valence-electron chi connectivity index (χ1n) is 7.22. The van der Waals surface area contributed by atoms with Gasteiger partial charge in [0, 0.05) is 23.5 Å². The van der Waals surface area contributed by atoms with Crippen molar-refractivity contribution in [3.63, 3.8) is 0 Å². The van der Waals surface area contributed by atoms with Crippen LogP contribution in [0.2, 0.25) is 0 Å². The van der Waals surface area contributed by atoms with Crippen molar-refractivity contribution in [3.05, 3.63) is 42.0 Å². The van der Waals surface area contributed by atoms with E-state index >= 15 is 0 Å². The van der Waals surface area contributed by atoms with E-state index in [1.807, 2.05) is 41.3 Å². The largest absolute Gasteiger partial charge is 0.326 e. The Bertz CT molecular complexity index is 660. The first-order chi connectivity index (χ1) is 9.63. The molecule has 1 amide bonds. The molecule has 3 heteroatoms. The molecule has 0 saturated carbocycles. The molecule has 0 spiro atoms. The third-order valence-electron chi connectivity index (χ3n) is 4.42. The van der Waals surface area contributed by atoms with Crippen LogP contribution in [-0.4, -0.2) is 18.5 Å². The smallest absolute Gasteiger partial charge is 0.259 e. The van der Waals surface area contributed by atoms with Crippen LogP contribution < -0.4 is 10.6 Å². The molecule has 1 aliphatic rings. The molecule has 0 saturated heterocycles. The topological polar surface area (TPSA) is 46.3 Å². The minimum Gasteiger partial charge on any atom is -0.326 e. The van der Waals surface area contributed by atoms with Crippen molar-refractivity contribution in [3.8, 4) is 0 Å². The summed E-state index contributed by atoms with van der Waals surface area (Å²) in [5.74, 6) is 0.487. The van der Waals surface area contributed by atoms with Crippen molar-refractivity contribution in [2.45, 2.75) is 26.3 Å². The number of amides is 1. The average molecular weight is 268 g/mol. The number of nitrogens with two attached hydrogens (primary N) is 1. The first kappa shape index (κ1) is 13.1. The van der Waals surface area contributed by atoms with Gasteiger partial charge in [-0.1, -0.05) is 44.5 Å². The summed E-state index contributed by atoms with van der Waals surface area (Å²) in [7, 11) is 0. The van der Waals surface area contributed by atoms with Gasteiger partial charge in [0.15, 0.2) is 0 Å². The minimum absolute atomic E-state index is 0.00789. The lowest BCUT2D eigenvalue weighted by Gasteiger charge is -2.25. The molecule has 2 unspecified atom stereocenters. The van der Waals surface area contributed by atoms with Gasteiger partial charge in [-0.2, -0.15) is 0 Å². The molecule has 104 valence electrons. The molecule has 0 aromatic heterocycles. The average Bonchev–Trinajstić information content (AvgIpc) is 2.74. The van der Waals surface area contributed by atoms with E-state index in [1.165, 1.54) is 0 Å². The van der Waals surface area contributed by atoms with Gasteiger partial charge < -0.3 is 10.6 Å². The molecule has 2 aromatic carbocycles. The summed E-state index contributed by atoms with van der Waals surface area (Å²) in [5.41, 5.74) is 8.04. The Hall–Kier alpha value is -1.87. The predicted molar refractivity (Wildman–Crippen MR) is 83.1 cm³/mol. The number of carbonyl (C=O) groups is 1. The number of nitrogens with zero attached hydrogens (tertiary/aromatic N) is 1. The molecule has 0 radical (unpaired) electrons. The fourth-order valence-electron chi connectivity index (χ4n) is 2.85. The molecule has 2 atom stereocenters. The lowest BCUT2D eigenvalue weighted by atomic mass is 9.99. The highest BCUT2D eigenvalue weighted by Gasteiger charge is 2.31. The zero-order valence-corrected chi connectivity index (χ0v) is 12.0. The molecule has 1 aliphatic heterocycles. The van der Waals surface area contributed by atoms with Gasteiger partial charge in [-0.25, -0.2) is 0 Å². The van der Waals surface area contributed by atoms with Crippen LogP contribution in [0.5, 0.6) is 0 Å². The summed E-state index contributed by atoms with van der Waals surface area (Å²) in [5, 5.41) is 2.18. The van der Waals surface area contributed by atoms with Crippen molar-refractivity contribution < 1.29 is 4.79 Å². The Kier molecular flexibility index (Phi) is 3.22. The second-order valence-corrected chi connectivity index (χ2v) is 5.65.